The van der Waals surface area contributed by atoms with E-state index in [-0.39, 0.29) is 12.3 Å². The van der Waals surface area contributed by atoms with Gasteiger partial charge in [0.2, 0.25) is 5.91 Å². The number of benzene rings is 1. The number of likely N-dealkylation sites (N-methyl/N-ethyl adjacent to an activating group) is 1. The van der Waals surface area contributed by atoms with E-state index in [1.165, 1.54) is 11.1 Å². The Morgan fingerprint density at radius 1 is 1.16 bits per heavy atom. The molecule has 0 saturated heterocycles. The van der Waals surface area contributed by atoms with Crippen molar-refractivity contribution in [3.8, 4) is 0 Å². The fraction of sp³-hybridized carbons (Fsp3) is 0.467. The van der Waals surface area contributed by atoms with Gasteiger partial charge in [0.05, 0.1) is 0 Å². The smallest absolute Gasteiger partial charge is 0.303 e. The lowest BCUT2D eigenvalue weighted by Crippen LogP contribution is -2.28. The summed E-state index contributed by atoms with van der Waals surface area (Å²) in [6, 6.07) is 8.25. The van der Waals surface area contributed by atoms with Crippen LogP contribution in [0.1, 0.15) is 30.4 Å². The first kappa shape index (κ1) is 15.2. The second-order valence-electron chi connectivity index (χ2n) is 4.80. The number of carbonyl (C=O) groups excluding carboxylic acids is 1. The van der Waals surface area contributed by atoms with E-state index in [2.05, 4.69) is 24.3 Å². The molecule has 0 radical (unpaired) electrons. The summed E-state index contributed by atoms with van der Waals surface area (Å²) in [5.74, 6) is -0.844. The molecular formula is C15H21NO3. The first-order chi connectivity index (χ1) is 8.99. The molecule has 1 aromatic rings. The Hall–Kier alpha value is -1.84. The molecule has 0 aliphatic heterocycles. The van der Waals surface area contributed by atoms with Crippen molar-refractivity contribution in [3.05, 3.63) is 35.4 Å². The molecule has 1 N–H and O–H groups in total. The van der Waals surface area contributed by atoms with Crippen molar-refractivity contribution in [1.29, 1.82) is 0 Å². The monoisotopic (exact) mass is 263 g/mol. The quantitative estimate of drug-likeness (QED) is 0.821. The fourth-order valence-corrected chi connectivity index (χ4v) is 1.76. The number of amides is 1. The van der Waals surface area contributed by atoms with Gasteiger partial charge in [-0.3, -0.25) is 9.59 Å². The zero-order valence-electron chi connectivity index (χ0n) is 11.6. The number of carboxylic acids is 1. The zero-order chi connectivity index (χ0) is 14.3. The number of rotatable bonds is 7. The van der Waals surface area contributed by atoms with Crippen LogP contribution in [0.15, 0.2) is 24.3 Å². The summed E-state index contributed by atoms with van der Waals surface area (Å²) < 4.78 is 0. The maximum absolute atomic E-state index is 11.7. The van der Waals surface area contributed by atoms with Gasteiger partial charge in [-0.25, -0.2) is 0 Å². The van der Waals surface area contributed by atoms with Gasteiger partial charge in [0.1, 0.15) is 0 Å². The third-order valence-electron chi connectivity index (χ3n) is 3.06. The summed E-state index contributed by atoms with van der Waals surface area (Å²) in [4.78, 5) is 23.8. The average molecular weight is 263 g/mol. The topological polar surface area (TPSA) is 57.6 Å². The third kappa shape index (κ3) is 6.04. The third-order valence-corrected chi connectivity index (χ3v) is 3.06. The molecule has 0 unspecified atom stereocenters. The van der Waals surface area contributed by atoms with Gasteiger partial charge in [0.15, 0.2) is 0 Å². The summed E-state index contributed by atoms with van der Waals surface area (Å²) in [6.45, 7) is 2.71. The van der Waals surface area contributed by atoms with Gasteiger partial charge < -0.3 is 10.0 Å². The second kappa shape index (κ2) is 7.56. The highest BCUT2D eigenvalue weighted by Gasteiger charge is 2.09. The van der Waals surface area contributed by atoms with Crippen LogP contribution < -0.4 is 0 Å². The van der Waals surface area contributed by atoms with E-state index in [0.29, 0.717) is 19.4 Å². The normalized spacial score (nSPS) is 10.2. The van der Waals surface area contributed by atoms with Crippen molar-refractivity contribution in [2.45, 2.75) is 32.6 Å². The molecular weight excluding hydrogens is 242 g/mol. The van der Waals surface area contributed by atoms with Crippen LogP contribution >= 0.6 is 0 Å². The van der Waals surface area contributed by atoms with E-state index < -0.39 is 5.97 Å². The predicted molar refractivity (Wildman–Crippen MR) is 74.0 cm³/mol. The Morgan fingerprint density at radius 2 is 1.79 bits per heavy atom. The standard InChI is InChI=1S/C15H21NO3/c1-12-6-8-13(9-7-12)10-11-16(2)14(17)4-3-5-15(18)19/h6-9H,3-5,10-11H2,1-2H3,(H,18,19). The Labute approximate surface area is 114 Å². The Morgan fingerprint density at radius 3 is 2.37 bits per heavy atom. The van der Waals surface area contributed by atoms with Crippen LogP contribution in [-0.2, 0) is 16.0 Å². The molecule has 1 rings (SSSR count). The van der Waals surface area contributed by atoms with Crippen LogP contribution in [0.4, 0.5) is 0 Å². The van der Waals surface area contributed by atoms with E-state index in [1.807, 2.05) is 6.92 Å². The molecule has 0 heterocycles. The van der Waals surface area contributed by atoms with E-state index in [1.54, 1.807) is 11.9 Å². The van der Waals surface area contributed by atoms with Gasteiger partial charge in [0.25, 0.3) is 0 Å². The lowest BCUT2D eigenvalue weighted by molar-refractivity contribution is -0.137. The Kier molecular flexibility index (Phi) is 6.06. The molecule has 0 spiro atoms. The van der Waals surface area contributed by atoms with Gasteiger partial charge in [-0.05, 0) is 25.3 Å². The molecule has 4 heteroatoms. The Bertz CT molecular complexity index is 426. The minimum atomic E-state index is -0.852. The maximum atomic E-state index is 11.7. The second-order valence-corrected chi connectivity index (χ2v) is 4.80. The summed E-state index contributed by atoms with van der Waals surface area (Å²) in [5.41, 5.74) is 2.43. The molecule has 0 saturated carbocycles. The number of hydrogen-bond donors (Lipinski definition) is 1. The van der Waals surface area contributed by atoms with Crippen LogP contribution in [0.5, 0.6) is 0 Å². The van der Waals surface area contributed by atoms with Crippen LogP contribution in [0.2, 0.25) is 0 Å². The van der Waals surface area contributed by atoms with Crippen molar-refractivity contribution >= 4 is 11.9 Å². The largest absolute Gasteiger partial charge is 0.481 e. The molecule has 0 bridgehead atoms. The lowest BCUT2D eigenvalue weighted by Gasteiger charge is -2.17. The molecule has 0 aliphatic rings. The van der Waals surface area contributed by atoms with Crippen LogP contribution in [0.25, 0.3) is 0 Å². The van der Waals surface area contributed by atoms with Crippen molar-refractivity contribution in [3.63, 3.8) is 0 Å². The zero-order valence-corrected chi connectivity index (χ0v) is 11.6. The predicted octanol–water partition coefficient (Wildman–Crippen LogP) is 2.25. The van der Waals surface area contributed by atoms with E-state index in [0.717, 1.165) is 6.42 Å². The van der Waals surface area contributed by atoms with E-state index in [9.17, 15) is 9.59 Å². The van der Waals surface area contributed by atoms with E-state index in [4.69, 9.17) is 5.11 Å². The molecule has 1 amide bonds. The number of carbonyl (C=O) groups is 2. The summed E-state index contributed by atoms with van der Waals surface area (Å²) in [5, 5.41) is 8.51. The average Bonchev–Trinajstić information content (AvgIpc) is 2.37. The van der Waals surface area contributed by atoms with Crippen LogP contribution in [0, 0.1) is 6.92 Å². The Balaban J connectivity index is 2.30. The number of carboxylic acid groups (broad SMARTS) is 1. The minimum Gasteiger partial charge on any atom is -0.481 e. The molecule has 104 valence electrons. The summed E-state index contributed by atoms with van der Waals surface area (Å²) in [7, 11) is 1.76. The number of nitrogens with zero attached hydrogens (tertiary/aromatic N) is 1. The van der Waals surface area contributed by atoms with E-state index >= 15 is 0 Å². The summed E-state index contributed by atoms with van der Waals surface area (Å²) >= 11 is 0. The van der Waals surface area contributed by atoms with Crippen molar-refractivity contribution in [1.82, 2.24) is 4.90 Å². The van der Waals surface area contributed by atoms with Crippen molar-refractivity contribution in [2.24, 2.45) is 0 Å². The molecule has 0 fully saturated rings. The van der Waals surface area contributed by atoms with Gasteiger partial charge in [-0.2, -0.15) is 0 Å². The van der Waals surface area contributed by atoms with Crippen molar-refractivity contribution < 1.29 is 14.7 Å². The highest BCUT2D eigenvalue weighted by Crippen LogP contribution is 2.06. The fourth-order valence-electron chi connectivity index (χ4n) is 1.76. The van der Waals surface area contributed by atoms with Gasteiger partial charge in [0, 0.05) is 26.4 Å². The van der Waals surface area contributed by atoms with Gasteiger partial charge in [-0.1, -0.05) is 29.8 Å². The number of hydrogen-bond acceptors (Lipinski definition) is 2. The highest BCUT2D eigenvalue weighted by molar-refractivity contribution is 5.76. The van der Waals surface area contributed by atoms with Gasteiger partial charge in [-0.15, -0.1) is 0 Å². The molecule has 1 aromatic carbocycles. The van der Waals surface area contributed by atoms with Crippen LogP contribution in [-0.4, -0.2) is 35.5 Å². The lowest BCUT2D eigenvalue weighted by atomic mass is 10.1. The first-order valence-corrected chi connectivity index (χ1v) is 6.50. The molecule has 19 heavy (non-hydrogen) atoms. The highest BCUT2D eigenvalue weighted by atomic mass is 16.4. The molecule has 0 aromatic heterocycles. The molecule has 0 atom stereocenters. The SMILES string of the molecule is Cc1ccc(CCN(C)C(=O)CCCC(=O)O)cc1. The number of aryl methyl sites for hydroxylation is 1. The van der Waals surface area contributed by atoms with Crippen LogP contribution in [0.3, 0.4) is 0 Å². The number of aliphatic carboxylic acids is 1. The van der Waals surface area contributed by atoms with Crippen molar-refractivity contribution in [2.75, 3.05) is 13.6 Å². The first-order valence-electron chi connectivity index (χ1n) is 6.50. The summed E-state index contributed by atoms with van der Waals surface area (Å²) in [6.07, 6.45) is 1.58. The minimum absolute atomic E-state index is 0.00774. The maximum Gasteiger partial charge on any atom is 0.303 e. The van der Waals surface area contributed by atoms with Gasteiger partial charge >= 0.3 is 5.97 Å². The molecule has 4 nitrogen and oxygen atoms in total. The molecule has 0 aliphatic carbocycles.